The minimum Gasteiger partial charge on any atom is -0.387 e. The second-order valence-electron chi connectivity index (χ2n) is 10.6. The molecule has 0 spiro atoms. The minimum atomic E-state index is -5.98. The number of nitrogens with two attached hydrogens (primary N) is 2. The molecular formula is C20H27N10O16P3. The lowest BCUT2D eigenvalue weighted by Gasteiger charge is -2.29. The molecule has 268 valence electrons. The standard InChI is InChI=1S/C20H27N10O16P3/c21-14-7-16(25-2-23-14)29(4-27-7)18-11(33)9(31)6(43-18)1-42-49(40,41)46-47(35,36)20(45-48(37,38)39)13-10(32)12(34)19(44-13)30-5-28-8-15(22)24-3-26-17(8)30/h2-6,9-13,18-20,31-34H,1H2,(H,35,36)(H,40,41)(H2,21,23,25)(H2,22,24,26)(H2,37,38,39)/t6-,9-,10+,11-,12-,13-,18-,19-,20?/m1/s1. The Hall–Kier alpha value is -3.13. The van der Waals surface area contributed by atoms with Gasteiger partial charge < -0.3 is 60.9 Å². The molecule has 4 aromatic heterocycles. The fourth-order valence-corrected chi connectivity index (χ4v) is 9.13. The van der Waals surface area contributed by atoms with Crippen molar-refractivity contribution < 1.29 is 76.5 Å². The number of aliphatic hydroxyl groups is 4. The maximum atomic E-state index is 13.3. The molecule has 0 aliphatic carbocycles. The molecule has 26 nitrogen and oxygen atoms in total. The zero-order valence-corrected chi connectivity index (χ0v) is 26.8. The number of nitrogens with zero attached hydrogens (tertiary/aromatic N) is 8. The summed E-state index contributed by atoms with van der Waals surface area (Å²) in [7, 11) is -17.5. The van der Waals surface area contributed by atoms with E-state index < -0.39 is 84.8 Å². The highest BCUT2D eigenvalue weighted by atomic mass is 31.3. The summed E-state index contributed by atoms with van der Waals surface area (Å²) in [5.74, 6) is -3.02. The van der Waals surface area contributed by atoms with Gasteiger partial charge in [0.1, 0.15) is 60.3 Å². The number of phosphoric ester groups is 2. The van der Waals surface area contributed by atoms with Gasteiger partial charge in [-0.1, -0.05) is 0 Å². The van der Waals surface area contributed by atoms with Crippen LogP contribution in [0.1, 0.15) is 12.5 Å². The second kappa shape index (κ2) is 12.9. The lowest BCUT2D eigenvalue weighted by atomic mass is 10.1. The molecular weight excluding hydrogens is 729 g/mol. The first kappa shape index (κ1) is 35.7. The number of imidazole rings is 2. The Morgan fingerprint density at radius 2 is 1.27 bits per heavy atom. The Morgan fingerprint density at radius 3 is 1.80 bits per heavy atom. The first-order chi connectivity index (χ1) is 22.9. The smallest absolute Gasteiger partial charge is 0.387 e. The summed E-state index contributed by atoms with van der Waals surface area (Å²) in [6.45, 7) is -1.07. The number of anilines is 2. The Morgan fingerprint density at radius 1 is 0.755 bits per heavy atom. The van der Waals surface area contributed by atoms with E-state index in [1.54, 1.807) is 0 Å². The number of nitrogen functional groups attached to an aromatic ring is 2. The molecule has 6 rings (SSSR count). The van der Waals surface area contributed by atoms with Crippen LogP contribution in [0.2, 0.25) is 0 Å². The van der Waals surface area contributed by atoms with Gasteiger partial charge in [-0.05, 0) is 0 Å². The number of ether oxygens (including phenoxy) is 2. The SMILES string of the molecule is Nc1ncnc2c1ncn2[C@@H]1O[C@H](COP(=O)(O)OP(=O)(O)C(OP(=O)(O)O)[C@@H]2O[C@@H](n3cnc4c(N)ncnc43)[C@H](O)[C@@H]2O)[C@@H](O)[C@H]1O. The van der Waals surface area contributed by atoms with Gasteiger partial charge >= 0.3 is 23.2 Å². The first-order valence-corrected chi connectivity index (χ1v) is 18.2. The van der Waals surface area contributed by atoms with E-state index in [-0.39, 0.29) is 34.0 Å². The van der Waals surface area contributed by atoms with Crippen LogP contribution in [0.5, 0.6) is 0 Å². The van der Waals surface area contributed by atoms with Crippen molar-refractivity contribution in [1.29, 1.82) is 0 Å². The number of rotatable bonds is 11. The molecule has 2 aliphatic heterocycles. The van der Waals surface area contributed by atoms with Crippen LogP contribution >= 0.6 is 23.2 Å². The molecule has 11 atom stereocenters. The molecule has 4 aromatic rings. The molecule has 49 heavy (non-hydrogen) atoms. The number of aliphatic hydroxyl groups excluding tert-OH is 4. The highest BCUT2D eigenvalue weighted by Crippen LogP contribution is 2.66. The fraction of sp³-hybridized carbons (Fsp3) is 0.500. The van der Waals surface area contributed by atoms with Crippen molar-refractivity contribution in [2.75, 3.05) is 18.1 Å². The Labute approximate surface area is 271 Å². The average Bonchev–Trinajstić information content (AvgIpc) is 3.77. The Bertz CT molecular complexity index is 2010. The van der Waals surface area contributed by atoms with Gasteiger partial charge in [-0.15, -0.1) is 0 Å². The van der Waals surface area contributed by atoms with Crippen LogP contribution in [0.25, 0.3) is 22.3 Å². The molecule has 2 saturated heterocycles. The lowest BCUT2D eigenvalue weighted by Crippen LogP contribution is -2.40. The predicted octanol–water partition coefficient (Wildman–Crippen LogP) is -3.18. The third-order valence-corrected chi connectivity index (χ3v) is 11.4. The molecule has 2 fully saturated rings. The monoisotopic (exact) mass is 756 g/mol. The molecule has 3 unspecified atom stereocenters. The molecule has 0 aromatic carbocycles. The lowest BCUT2D eigenvalue weighted by molar-refractivity contribution is -0.0655. The van der Waals surface area contributed by atoms with Gasteiger partial charge in [0, 0.05) is 0 Å². The van der Waals surface area contributed by atoms with Crippen LogP contribution in [0.4, 0.5) is 11.6 Å². The summed E-state index contributed by atoms with van der Waals surface area (Å²) in [5.41, 5.74) is 11.7. The highest BCUT2D eigenvalue weighted by molar-refractivity contribution is 7.64. The van der Waals surface area contributed by atoms with Gasteiger partial charge in [0.05, 0.1) is 19.3 Å². The van der Waals surface area contributed by atoms with E-state index in [1.165, 1.54) is 10.9 Å². The zero-order chi connectivity index (χ0) is 35.6. The summed E-state index contributed by atoms with van der Waals surface area (Å²) < 4.78 is 64.7. The summed E-state index contributed by atoms with van der Waals surface area (Å²) in [6.07, 6.45) is -10.4. The number of hydrogen-bond donors (Lipinski definition) is 10. The van der Waals surface area contributed by atoms with Crippen molar-refractivity contribution >= 4 is 57.2 Å². The molecule has 6 heterocycles. The molecule has 0 saturated carbocycles. The summed E-state index contributed by atoms with van der Waals surface area (Å²) in [6, 6.07) is 0. The van der Waals surface area contributed by atoms with Crippen molar-refractivity contribution in [2.45, 2.75) is 54.9 Å². The number of hydrogen-bond acceptors (Lipinski definition) is 20. The van der Waals surface area contributed by atoms with E-state index in [1.807, 2.05) is 0 Å². The van der Waals surface area contributed by atoms with Gasteiger partial charge in [-0.2, -0.15) is 0 Å². The van der Waals surface area contributed by atoms with Crippen LogP contribution in [0.15, 0.2) is 25.3 Å². The summed E-state index contributed by atoms with van der Waals surface area (Å²) in [4.78, 5) is 63.4. The van der Waals surface area contributed by atoms with Gasteiger partial charge in [0.2, 0.25) is 0 Å². The molecule has 12 N–H and O–H groups in total. The molecule has 2 aliphatic rings. The largest absolute Gasteiger partial charge is 0.479 e. The van der Waals surface area contributed by atoms with E-state index in [2.05, 4.69) is 38.7 Å². The molecule has 0 radical (unpaired) electrons. The Kier molecular flexibility index (Phi) is 9.38. The number of phosphoric acid groups is 2. The first-order valence-electron chi connectivity index (χ1n) is 13.5. The normalized spacial score (nSPS) is 30.9. The minimum absolute atomic E-state index is 0.0000225. The van der Waals surface area contributed by atoms with Gasteiger partial charge in [-0.25, -0.2) is 43.3 Å². The van der Waals surface area contributed by atoms with Crippen LogP contribution in [0.3, 0.4) is 0 Å². The Balaban J connectivity index is 1.18. The third-order valence-electron chi connectivity index (χ3n) is 7.40. The van der Waals surface area contributed by atoms with Crippen LogP contribution in [-0.4, -0.2) is 128 Å². The van der Waals surface area contributed by atoms with Crippen LogP contribution in [0, 0.1) is 0 Å². The molecule has 0 bridgehead atoms. The van der Waals surface area contributed by atoms with Gasteiger partial charge in [0.15, 0.2) is 41.2 Å². The van der Waals surface area contributed by atoms with Crippen molar-refractivity contribution in [3.8, 4) is 0 Å². The van der Waals surface area contributed by atoms with Crippen molar-refractivity contribution in [3.05, 3.63) is 25.3 Å². The predicted molar refractivity (Wildman–Crippen MR) is 155 cm³/mol. The fourth-order valence-electron chi connectivity index (χ4n) is 5.19. The quantitative estimate of drug-likeness (QED) is 0.0674. The zero-order valence-electron chi connectivity index (χ0n) is 24.1. The van der Waals surface area contributed by atoms with Crippen molar-refractivity contribution in [1.82, 2.24) is 39.0 Å². The average molecular weight is 756 g/mol. The third kappa shape index (κ3) is 6.83. The second-order valence-corrected chi connectivity index (χ2v) is 15.3. The van der Waals surface area contributed by atoms with E-state index in [4.69, 9.17) is 25.5 Å². The summed E-state index contributed by atoms with van der Waals surface area (Å²) in [5, 5.41) is 42.6. The molecule has 0 amide bonds. The topological polar surface area (TPSA) is 398 Å². The van der Waals surface area contributed by atoms with E-state index in [9.17, 15) is 53.7 Å². The maximum absolute atomic E-state index is 13.3. The number of fused-ring (bicyclic) bond motifs is 2. The van der Waals surface area contributed by atoms with Gasteiger partial charge in [-0.3, -0.25) is 22.7 Å². The van der Waals surface area contributed by atoms with Gasteiger partial charge in [0.25, 0.3) is 0 Å². The maximum Gasteiger partial charge on any atom is 0.479 e. The van der Waals surface area contributed by atoms with Crippen LogP contribution in [-0.2, 0) is 36.5 Å². The van der Waals surface area contributed by atoms with E-state index >= 15 is 0 Å². The molecule has 29 heteroatoms. The van der Waals surface area contributed by atoms with Crippen molar-refractivity contribution in [3.63, 3.8) is 0 Å². The van der Waals surface area contributed by atoms with E-state index in [0.717, 1.165) is 23.5 Å². The van der Waals surface area contributed by atoms with Crippen LogP contribution < -0.4 is 11.5 Å². The highest BCUT2D eigenvalue weighted by Gasteiger charge is 2.57. The summed E-state index contributed by atoms with van der Waals surface area (Å²) >= 11 is 0. The number of aromatic nitrogens is 8. The van der Waals surface area contributed by atoms with Crippen molar-refractivity contribution in [2.24, 2.45) is 0 Å². The van der Waals surface area contributed by atoms with E-state index in [0.29, 0.717) is 0 Å².